The van der Waals surface area contributed by atoms with Crippen molar-refractivity contribution in [2.24, 2.45) is 0 Å². The summed E-state index contributed by atoms with van der Waals surface area (Å²) in [5.74, 6) is 1.51. The van der Waals surface area contributed by atoms with Crippen LogP contribution >= 0.6 is 0 Å². The van der Waals surface area contributed by atoms with Crippen molar-refractivity contribution in [3.63, 3.8) is 0 Å². The Morgan fingerprint density at radius 2 is 1.81 bits per heavy atom. The van der Waals surface area contributed by atoms with Crippen molar-refractivity contribution in [1.29, 1.82) is 0 Å². The number of rotatable bonds is 9. The van der Waals surface area contributed by atoms with Gasteiger partial charge in [-0.25, -0.2) is 0 Å². The first-order valence-electron chi connectivity index (χ1n) is 9.00. The van der Waals surface area contributed by atoms with Gasteiger partial charge < -0.3 is 24.9 Å². The van der Waals surface area contributed by atoms with Crippen molar-refractivity contribution in [2.45, 2.75) is 19.6 Å². The number of aromatic amines is 1. The lowest BCUT2D eigenvalue weighted by atomic mass is 10.2. The fraction of sp³-hybridized carbons (Fsp3) is 0.286. The molecule has 6 heteroatoms. The SMILES string of the molecule is CCOc1ccc(CNCC(O)COc2ccc3[nH]c(=O)ccc3c2)cc1. The quantitative estimate of drug-likeness (QED) is 0.540. The van der Waals surface area contributed by atoms with Gasteiger partial charge in [-0.15, -0.1) is 0 Å². The molecule has 0 amide bonds. The third-order valence-corrected chi connectivity index (χ3v) is 4.08. The molecule has 0 saturated carbocycles. The minimum Gasteiger partial charge on any atom is -0.494 e. The van der Waals surface area contributed by atoms with Gasteiger partial charge in [0.25, 0.3) is 0 Å². The lowest BCUT2D eigenvalue weighted by molar-refractivity contribution is 0.106. The molecule has 0 radical (unpaired) electrons. The number of benzene rings is 2. The van der Waals surface area contributed by atoms with Gasteiger partial charge in [-0.2, -0.15) is 0 Å². The summed E-state index contributed by atoms with van der Waals surface area (Å²) in [5, 5.41) is 14.2. The van der Waals surface area contributed by atoms with Crippen molar-refractivity contribution >= 4 is 10.9 Å². The van der Waals surface area contributed by atoms with Gasteiger partial charge in [0.05, 0.1) is 6.61 Å². The Hall–Kier alpha value is -2.83. The Labute approximate surface area is 157 Å². The molecule has 6 nitrogen and oxygen atoms in total. The zero-order chi connectivity index (χ0) is 19.1. The van der Waals surface area contributed by atoms with Crippen molar-refractivity contribution in [3.8, 4) is 11.5 Å². The van der Waals surface area contributed by atoms with Crippen LogP contribution in [0, 0.1) is 0 Å². The Morgan fingerprint density at radius 1 is 1.04 bits per heavy atom. The Kier molecular flexibility index (Phi) is 6.46. The molecule has 0 fully saturated rings. The molecular weight excluding hydrogens is 344 g/mol. The largest absolute Gasteiger partial charge is 0.494 e. The number of aliphatic hydroxyl groups excluding tert-OH is 1. The number of hydrogen-bond donors (Lipinski definition) is 3. The van der Waals surface area contributed by atoms with Crippen LogP contribution in [0.15, 0.2) is 59.4 Å². The van der Waals surface area contributed by atoms with Crippen molar-refractivity contribution in [2.75, 3.05) is 19.8 Å². The molecule has 3 N–H and O–H groups in total. The topological polar surface area (TPSA) is 83.6 Å². The highest BCUT2D eigenvalue weighted by molar-refractivity contribution is 5.79. The highest BCUT2D eigenvalue weighted by atomic mass is 16.5. The molecule has 1 unspecified atom stereocenters. The van der Waals surface area contributed by atoms with Crippen LogP contribution in [-0.2, 0) is 6.54 Å². The van der Waals surface area contributed by atoms with Gasteiger partial charge in [0.15, 0.2) is 0 Å². The number of nitrogens with one attached hydrogen (secondary N) is 2. The smallest absolute Gasteiger partial charge is 0.248 e. The van der Waals surface area contributed by atoms with E-state index < -0.39 is 6.10 Å². The van der Waals surface area contributed by atoms with Crippen LogP contribution in [0.5, 0.6) is 11.5 Å². The van der Waals surface area contributed by atoms with E-state index in [0.29, 0.717) is 25.4 Å². The highest BCUT2D eigenvalue weighted by Crippen LogP contribution is 2.18. The third-order valence-electron chi connectivity index (χ3n) is 4.08. The second-order valence-corrected chi connectivity index (χ2v) is 6.24. The van der Waals surface area contributed by atoms with Crippen LogP contribution in [-0.4, -0.2) is 36.0 Å². The minimum atomic E-state index is -0.626. The first-order valence-corrected chi connectivity index (χ1v) is 9.00. The molecule has 0 saturated heterocycles. The van der Waals surface area contributed by atoms with Crippen LogP contribution in [0.3, 0.4) is 0 Å². The van der Waals surface area contributed by atoms with E-state index >= 15 is 0 Å². The number of H-pyrrole nitrogens is 1. The second-order valence-electron chi connectivity index (χ2n) is 6.24. The summed E-state index contributed by atoms with van der Waals surface area (Å²) in [4.78, 5) is 14.1. The Morgan fingerprint density at radius 3 is 2.59 bits per heavy atom. The summed E-state index contributed by atoms with van der Waals surface area (Å²) in [6, 6.07) is 16.5. The zero-order valence-corrected chi connectivity index (χ0v) is 15.3. The molecule has 0 bridgehead atoms. The molecule has 0 spiro atoms. The standard InChI is InChI=1S/C21H24N2O4/c1-2-26-18-6-3-15(4-7-18)12-22-13-17(24)14-27-19-8-9-20-16(11-19)5-10-21(25)23-20/h3-11,17,22,24H,2,12-14H2,1H3,(H,23,25). The fourth-order valence-corrected chi connectivity index (χ4v) is 2.73. The minimum absolute atomic E-state index is 0.134. The van der Waals surface area contributed by atoms with E-state index in [1.807, 2.05) is 37.3 Å². The van der Waals surface area contributed by atoms with Gasteiger partial charge in [0.2, 0.25) is 5.56 Å². The molecule has 2 aromatic carbocycles. The van der Waals surface area contributed by atoms with Crippen molar-refractivity contribution < 1.29 is 14.6 Å². The maximum atomic E-state index is 11.3. The van der Waals surface area contributed by atoms with E-state index in [2.05, 4.69) is 10.3 Å². The van der Waals surface area contributed by atoms with E-state index in [4.69, 9.17) is 9.47 Å². The predicted octanol–water partition coefficient (Wildman–Crippen LogP) is 2.46. The molecule has 3 rings (SSSR count). The Balaban J connectivity index is 1.43. The number of pyridine rings is 1. The third kappa shape index (κ3) is 5.57. The summed E-state index contributed by atoms with van der Waals surface area (Å²) >= 11 is 0. The van der Waals surface area contributed by atoms with E-state index in [9.17, 15) is 9.90 Å². The number of aromatic nitrogens is 1. The summed E-state index contributed by atoms with van der Waals surface area (Å²) in [6.45, 7) is 3.88. The molecule has 27 heavy (non-hydrogen) atoms. The zero-order valence-electron chi connectivity index (χ0n) is 15.3. The lowest BCUT2D eigenvalue weighted by Crippen LogP contribution is -2.31. The number of aliphatic hydroxyl groups is 1. The molecule has 1 aromatic heterocycles. The van der Waals surface area contributed by atoms with Crippen LogP contribution in [0.2, 0.25) is 0 Å². The van der Waals surface area contributed by atoms with Gasteiger partial charge in [-0.1, -0.05) is 12.1 Å². The maximum Gasteiger partial charge on any atom is 0.248 e. The predicted molar refractivity (Wildman–Crippen MR) is 105 cm³/mol. The van der Waals surface area contributed by atoms with Gasteiger partial charge in [0.1, 0.15) is 24.2 Å². The average molecular weight is 368 g/mol. The molecule has 0 aliphatic rings. The van der Waals surface area contributed by atoms with E-state index in [1.54, 1.807) is 18.2 Å². The van der Waals surface area contributed by atoms with Gasteiger partial charge in [0, 0.05) is 30.1 Å². The second kappa shape index (κ2) is 9.21. The summed E-state index contributed by atoms with van der Waals surface area (Å²) in [7, 11) is 0. The molecule has 0 aliphatic heterocycles. The van der Waals surface area contributed by atoms with Gasteiger partial charge in [-0.3, -0.25) is 4.79 Å². The maximum absolute atomic E-state index is 11.3. The molecule has 3 aromatic rings. The highest BCUT2D eigenvalue weighted by Gasteiger charge is 2.06. The number of ether oxygens (including phenoxy) is 2. The first kappa shape index (κ1) is 18.9. The van der Waals surface area contributed by atoms with Gasteiger partial charge in [-0.05, 0) is 48.9 Å². The molecule has 0 aliphatic carbocycles. The van der Waals surface area contributed by atoms with Crippen LogP contribution in [0.1, 0.15) is 12.5 Å². The van der Waals surface area contributed by atoms with Crippen molar-refractivity contribution in [1.82, 2.24) is 10.3 Å². The summed E-state index contributed by atoms with van der Waals surface area (Å²) in [6.07, 6.45) is -0.626. The van der Waals surface area contributed by atoms with Crippen LogP contribution in [0.4, 0.5) is 0 Å². The van der Waals surface area contributed by atoms with Crippen LogP contribution < -0.4 is 20.3 Å². The van der Waals surface area contributed by atoms with E-state index in [1.165, 1.54) is 6.07 Å². The Bertz CT molecular complexity index is 921. The lowest BCUT2D eigenvalue weighted by Gasteiger charge is -2.14. The van der Waals surface area contributed by atoms with Crippen LogP contribution in [0.25, 0.3) is 10.9 Å². The monoisotopic (exact) mass is 368 g/mol. The summed E-state index contributed by atoms with van der Waals surface area (Å²) < 4.78 is 11.1. The van der Waals surface area contributed by atoms with Gasteiger partial charge >= 0.3 is 0 Å². The first-order chi connectivity index (χ1) is 13.1. The number of hydrogen-bond acceptors (Lipinski definition) is 5. The van der Waals surface area contributed by atoms with E-state index in [0.717, 1.165) is 22.2 Å². The average Bonchev–Trinajstić information content (AvgIpc) is 2.68. The molecule has 1 atom stereocenters. The summed E-state index contributed by atoms with van der Waals surface area (Å²) in [5.41, 5.74) is 1.74. The van der Waals surface area contributed by atoms with Crippen molar-refractivity contribution in [3.05, 3.63) is 70.5 Å². The number of fused-ring (bicyclic) bond motifs is 1. The molecule has 1 heterocycles. The fourth-order valence-electron chi connectivity index (χ4n) is 2.73. The molecule has 142 valence electrons. The normalized spacial score (nSPS) is 12.1. The van der Waals surface area contributed by atoms with E-state index in [-0.39, 0.29) is 12.2 Å². The molecular formula is C21H24N2O4.